The van der Waals surface area contributed by atoms with Gasteiger partial charge in [-0.1, -0.05) is 35.6 Å². The maximum absolute atomic E-state index is 12.8. The SMILES string of the molecule is CCOc1ccc(N2C(=O)C(=CC(Cl)=Cc3ccc([N+](=O)[O-])cc3)SC2=S)cc1. The van der Waals surface area contributed by atoms with E-state index in [0.29, 0.717) is 37.9 Å². The number of carbonyl (C=O) groups is 1. The summed E-state index contributed by atoms with van der Waals surface area (Å²) in [6.07, 6.45) is 3.16. The van der Waals surface area contributed by atoms with Gasteiger partial charge in [0.15, 0.2) is 4.32 Å². The fourth-order valence-electron chi connectivity index (χ4n) is 2.57. The molecule has 0 aromatic heterocycles. The standard InChI is InChI=1S/C20H15ClN2O4S2/c1-2-27-17-9-7-15(8-10-17)22-19(24)18(29-20(22)28)12-14(21)11-13-3-5-16(6-4-13)23(25)26/h3-12H,2H2,1H3. The van der Waals surface area contributed by atoms with Crippen molar-refractivity contribution in [2.24, 2.45) is 0 Å². The average Bonchev–Trinajstić information content (AvgIpc) is 2.96. The first-order valence-electron chi connectivity index (χ1n) is 8.51. The van der Waals surface area contributed by atoms with Crippen LogP contribution in [0.15, 0.2) is 64.5 Å². The van der Waals surface area contributed by atoms with E-state index < -0.39 is 4.92 Å². The maximum atomic E-state index is 12.8. The summed E-state index contributed by atoms with van der Waals surface area (Å²) in [5.74, 6) is 0.450. The summed E-state index contributed by atoms with van der Waals surface area (Å²) in [4.78, 5) is 24.9. The zero-order valence-corrected chi connectivity index (χ0v) is 17.6. The molecule has 1 aliphatic heterocycles. The minimum absolute atomic E-state index is 0.00509. The van der Waals surface area contributed by atoms with Gasteiger partial charge in [-0.3, -0.25) is 19.8 Å². The first kappa shape index (κ1) is 21.0. The molecule has 1 saturated heterocycles. The number of hydrogen-bond acceptors (Lipinski definition) is 6. The molecule has 0 radical (unpaired) electrons. The number of ether oxygens (including phenoxy) is 1. The van der Waals surface area contributed by atoms with Gasteiger partial charge in [-0.05, 0) is 61.0 Å². The molecule has 3 rings (SSSR count). The van der Waals surface area contributed by atoms with Gasteiger partial charge in [0.25, 0.3) is 11.6 Å². The van der Waals surface area contributed by atoms with Crippen LogP contribution in [0, 0.1) is 10.1 Å². The Morgan fingerprint density at radius 1 is 1.24 bits per heavy atom. The second kappa shape index (κ2) is 9.21. The van der Waals surface area contributed by atoms with Crippen molar-refractivity contribution in [1.82, 2.24) is 0 Å². The predicted octanol–water partition coefficient (Wildman–Crippen LogP) is 5.52. The molecule has 29 heavy (non-hydrogen) atoms. The number of allylic oxidation sites excluding steroid dienone is 2. The molecule has 0 atom stereocenters. The highest BCUT2D eigenvalue weighted by atomic mass is 35.5. The van der Waals surface area contributed by atoms with Crippen molar-refractivity contribution in [2.75, 3.05) is 11.5 Å². The Kier molecular flexibility index (Phi) is 6.68. The van der Waals surface area contributed by atoms with Crippen LogP contribution in [0.2, 0.25) is 0 Å². The minimum Gasteiger partial charge on any atom is -0.494 e. The Balaban J connectivity index is 1.78. The molecule has 0 unspecified atom stereocenters. The number of nitro benzene ring substituents is 1. The van der Waals surface area contributed by atoms with Gasteiger partial charge < -0.3 is 4.74 Å². The summed E-state index contributed by atoms with van der Waals surface area (Å²) in [6.45, 7) is 2.46. The second-order valence-corrected chi connectivity index (χ2v) is 7.93. The molecule has 0 N–H and O–H groups in total. The summed E-state index contributed by atoms with van der Waals surface area (Å²) in [5.41, 5.74) is 1.32. The summed E-state index contributed by atoms with van der Waals surface area (Å²) < 4.78 is 5.82. The molecule has 1 amide bonds. The third-order valence-electron chi connectivity index (χ3n) is 3.88. The van der Waals surface area contributed by atoms with E-state index in [9.17, 15) is 14.9 Å². The highest BCUT2D eigenvalue weighted by Crippen LogP contribution is 2.36. The van der Waals surface area contributed by atoms with Gasteiger partial charge in [-0.2, -0.15) is 0 Å². The largest absolute Gasteiger partial charge is 0.494 e. The molecular weight excluding hydrogens is 432 g/mol. The number of thiocarbonyl (C=S) groups is 1. The van der Waals surface area contributed by atoms with Gasteiger partial charge in [-0.25, -0.2) is 0 Å². The van der Waals surface area contributed by atoms with Crippen molar-refractivity contribution in [3.63, 3.8) is 0 Å². The van der Waals surface area contributed by atoms with Crippen LogP contribution in [-0.4, -0.2) is 21.8 Å². The number of non-ortho nitro benzene ring substituents is 1. The third-order valence-corrected chi connectivity index (χ3v) is 5.40. The molecule has 1 heterocycles. The average molecular weight is 447 g/mol. The van der Waals surface area contributed by atoms with Gasteiger partial charge in [0.05, 0.1) is 22.1 Å². The fourth-order valence-corrected chi connectivity index (χ4v) is 4.16. The Morgan fingerprint density at radius 2 is 1.90 bits per heavy atom. The molecule has 9 heteroatoms. The van der Waals surface area contributed by atoms with E-state index in [1.165, 1.54) is 23.1 Å². The van der Waals surface area contributed by atoms with Gasteiger partial charge in [0.1, 0.15) is 5.75 Å². The highest BCUT2D eigenvalue weighted by Gasteiger charge is 2.33. The minimum atomic E-state index is -0.471. The van der Waals surface area contributed by atoms with Gasteiger partial charge in [0.2, 0.25) is 0 Å². The smallest absolute Gasteiger partial charge is 0.270 e. The lowest BCUT2D eigenvalue weighted by Crippen LogP contribution is -2.27. The molecule has 148 valence electrons. The summed E-state index contributed by atoms with van der Waals surface area (Å²) in [5, 5.41) is 11.0. The van der Waals surface area contributed by atoms with Gasteiger partial charge in [0, 0.05) is 17.2 Å². The number of thioether (sulfide) groups is 1. The van der Waals surface area contributed by atoms with Crippen LogP contribution in [-0.2, 0) is 4.79 Å². The number of anilines is 1. The van der Waals surface area contributed by atoms with Crippen LogP contribution in [0.4, 0.5) is 11.4 Å². The number of rotatable bonds is 6. The molecule has 0 aliphatic carbocycles. The Hall–Kier alpha value is -2.68. The van der Waals surface area contributed by atoms with Crippen molar-refractivity contribution >= 4 is 63.3 Å². The van der Waals surface area contributed by atoms with Crippen LogP contribution >= 0.6 is 35.6 Å². The van der Waals surface area contributed by atoms with Crippen LogP contribution in [0.5, 0.6) is 5.75 Å². The van der Waals surface area contributed by atoms with Crippen molar-refractivity contribution in [3.05, 3.63) is 80.2 Å². The van der Waals surface area contributed by atoms with E-state index in [2.05, 4.69) is 0 Å². The molecule has 0 spiro atoms. The van der Waals surface area contributed by atoms with Crippen LogP contribution in [0.1, 0.15) is 12.5 Å². The first-order chi connectivity index (χ1) is 13.9. The first-order valence-corrected chi connectivity index (χ1v) is 10.1. The fraction of sp³-hybridized carbons (Fsp3) is 0.100. The van der Waals surface area contributed by atoms with Crippen molar-refractivity contribution in [3.8, 4) is 5.75 Å². The zero-order chi connectivity index (χ0) is 21.0. The van der Waals surface area contributed by atoms with Crippen molar-refractivity contribution < 1.29 is 14.5 Å². The van der Waals surface area contributed by atoms with E-state index in [-0.39, 0.29) is 11.6 Å². The van der Waals surface area contributed by atoms with E-state index in [1.807, 2.05) is 6.92 Å². The van der Waals surface area contributed by atoms with Crippen molar-refractivity contribution in [1.29, 1.82) is 0 Å². The lowest BCUT2D eigenvalue weighted by atomic mass is 10.2. The normalized spacial score (nSPS) is 15.9. The van der Waals surface area contributed by atoms with E-state index in [4.69, 9.17) is 28.6 Å². The van der Waals surface area contributed by atoms with Crippen molar-refractivity contribution in [2.45, 2.75) is 6.92 Å². The zero-order valence-electron chi connectivity index (χ0n) is 15.2. The molecule has 0 bridgehead atoms. The van der Waals surface area contributed by atoms with Gasteiger partial charge >= 0.3 is 0 Å². The predicted molar refractivity (Wildman–Crippen MR) is 120 cm³/mol. The highest BCUT2D eigenvalue weighted by molar-refractivity contribution is 8.27. The number of carbonyl (C=O) groups excluding carboxylic acids is 1. The van der Waals surface area contributed by atoms with E-state index in [1.54, 1.807) is 42.5 Å². The molecular formula is C20H15ClN2O4S2. The molecule has 1 fully saturated rings. The van der Waals surface area contributed by atoms with Crippen LogP contribution in [0.3, 0.4) is 0 Å². The maximum Gasteiger partial charge on any atom is 0.270 e. The lowest BCUT2D eigenvalue weighted by molar-refractivity contribution is -0.384. The van der Waals surface area contributed by atoms with E-state index in [0.717, 1.165) is 11.8 Å². The Bertz CT molecular complexity index is 1020. The number of nitrogens with zero attached hydrogens (tertiary/aromatic N) is 2. The molecule has 2 aromatic carbocycles. The Labute approximate surface area is 181 Å². The Morgan fingerprint density at radius 3 is 2.48 bits per heavy atom. The molecule has 6 nitrogen and oxygen atoms in total. The summed E-state index contributed by atoms with van der Waals surface area (Å²) >= 11 is 12.8. The van der Waals surface area contributed by atoms with E-state index >= 15 is 0 Å². The molecule has 0 saturated carbocycles. The quantitative estimate of drug-likeness (QED) is 0.252. The third kappa shape index (κ3) is 5.03. The molecule has 2 aromatic rings. The second-order valence-electron chi connectivity index (χ2n) is 5.82. The number of benzene rings is 2. The lowest BCUT2D eigenvalue weighted by Gasteiger charge is -2.15. The number of hydrogen-bond donors (Lipinski definition) is 0. The van der Waals surface area contributed by atoms with Crippen LogP contribution < -0.4 is 9.64 Å². The molecule has 1 aliphatic rings. The number of nitro groups is 1. The summed E-state index contributed by atoms with van der Waals surface area (Å²) in [7, 11) is 0. The monoisotopic (exact) mass is 446 g/mol. The van der Waals surface area contributed by atoms with Gasteiger partial charge in [-0.15, -0.1) is 0 Å². The topological polar surface area (TPSA) is 72.7 Å². The summed E-state index contributed by atoms with van der Waals surface area (Å²) in [6, 6.07) is 13.0. The number of amides is 1. The van der Waals surface area contributed by atoms with Crippen LogP contribution in [0.25, 0.3) is 6.08 Å². The number of halogens is 1.